The molecule has 0 aliphatic heterocycles. The van der Waals surface area contributed by atoms with Gasteiger partial charge in [-0.15, -0.1) is 0 Å². The normalized spacial score (nSPS) is 28.3. The van der Waals surface area contributed by atoms with Crippen molar-refractivity contribution in [1.82, 2.24) is 4.98 Å². The van der Waals surface area contributed by atoms with Crippen molar-refractivity contribution in [2.24, 2.45) is 17.3 Å². The molecule has 0 radical (unpaired) electrons. The lowest BCUT2D eigenvalue weighted by molar-refractivity contribution is -0.0125. The highest BCUT2D eigenvalue weighted by molar-refractivity contribution is 5.44. The van der Waals surface area contributed by atoms with Gasteiger partial charge >= 0.3 is 0 Å². The van der Waals surface area contributed by atoms with Crippen LogP contribution in [0.4, 0.5) is 5.69 Å². The van der Waals surface area contributed by atoms with E-state index in [1.165, 1.54) is 6.42 Å². The largest absolute Gasteiger partial charge is 0.398 e. The Morgan fingerprint density at radius 2 is 2.16 bits per heavy atom. The highest BCUT2D eigenvalue weighted by Gasteiger charge is 2.38. The molecular weight excluding hydrogens is 236 g/mol. The van der Waals surface area contributed by atoms with Gasteiger partial charge in [0.25, 0.3) is 0 Å². The van der Waals surface area contributed by atoms with Gasteiger partial charge in [0.1, 0.15) is 0 Å². The van der Waals surface area contributed by atoms with Crippen LogP contribution in [0.1, 0.15) is 45.6 Å². The number of aliphatic hydroxyl groups is 1. The van der Waals surface area contributed by atoms with Crippen LogP contribution in [0.5, 0.6) is 0 Å². The van der Waals surface area contributed by atoms with Gasteiger partial charge in [-0.1, -0.05) is 27.2 Å². The van der Waals surface area contributed by atoms with Crippen molar-refractivity contribution in [3.63, 3.8) is 0 Å². The standard InChI is InChI=1S/C16H26N2O/c1-11-4-5-13(15(19)8-11)16(2,3)9-12-10-18-7-6-14(12)17/h6-7,10-11,13,15,19H,4-5,8-9H2,1-3H3,(H2,17,18). The van der Waals surface area contributed by atoms with Crippen molar-refractivity contribution in [3.8, 4) is 0 Å². The fraction of sp³-hybridized carbons (Fsp3) is 0.688. The minimum Gasteiger partial charge on any atom is -0.398 e. The summed E-state index contributed by atoms with van der Waals surface area (Å²) in [5.74, 6) is 0.994. The van der Waals surface area contributed by atoms with E-state index in [-0.39, 0.29) is 11.5 Å². The average molecular weight is 262 g/mol. The smallest absolute Gasteiger partial charge is 0.0576 e. The third kappa shape index (κ3) is 3.27. The van der Waals surface area contributed by atoms with Gasteiger partial charge < -0.3 is 10.8 Å². The number of nitrogens with two attached hydrogens (primary N) is 1. The van der Waals surface area contributed by atoms with E-state index in [0.717, 1.165) is 30.5 Å². The summed E-state index contributed by atoms with van der Waals surface area (Å²) < 4.78 is 0. The maximum absolute atomic E-state index is 10.4. The quantitative estimate of drug-likeness (QED) is 0.880. The van der Waals surface area contributed by atoms with E-state index in [2.05, 4.69) is 25.8 Å². The van der Waals surface area contributed by atoms with Crippen molar-refractivity contribution >= 4 is 5.69 Å². The van der Waals surface area contributed by atoms with Crippen molar-refractivity contribution < 1.29 is 5.11 Å². The Morgan fingerprint density at radius 3 is 2.79 bits per heavy atom. The van der Waals surface area contributed by atoms with Crippen LogP contribution in [0, 0.1) is 17.3 Å². The number of nitrogen functional groups attached to an aromatic ring is 1. The van der Waals surface area contributed by atoms with Crippen molar-refractivity contribution in [3.05, 3.63) is 24.0 Å². The topological polar surface area (TPSA) is 59.1 Å². The van der Waals surface area contributed by atoms with Gasteiger partial charge in [-0.05, 0) is 48.1 Å². The van der Waals surface area contributed by atoms with Crippen LogP contribution in [0.15, 0.2) is 18.5 Å². The Bertz CT molecular complexity index is 431. The Labute approximate surface area is 116 Å². The number of pyridine rings is 1. The van der Waals surface area contributed by atoms with Crippen LogP contribution < -0.4 is 5.73 Å². The van der Waals surface area contributed by atoms with Gasteiger partial charge in [0, 0.05) is 18.1 Å². The van der Waals surface area contributed by atoms with Gasteiger partial charge in [-0.25, -0.2) is 0 Å². The number of hydrogen-bond donors (Lipinski definition) is 2. The zero-order valence-corrected chi connectivity index (χ0v) is 12.3. The number of aromatic nitrogens is 1. The molecule has 19 heavy (non-hydrogen) atoms. The Morgan fingerprint density at radius 1 is 1.42 bits per heavy atom. The van der Waals surface area contributed by atoms with Crippen LogP contribution in [0.25, 0.3) is 0 Å². The summed E-state index contributed by atoms with van der Waals surface area (Å²) >= 11 is 0. The molecule has 1 fully saturated rings. The van der Waals surface area contributed by atoms with Crippen LogP contribution in [-0.2, 0) is 6.42 Å². The van der Waals surface area contributed by atoms with E-state index >= 15 is 0 Å². The molecule has 0 saturated heterocycles. The molecule has 1 saturated carbocycles. The predicted molar refractivity (Wildman–Crippen MR) is 78.6 cm³/mol. The van der Waals surface area contributed by atoms with Gasteiger partial charge in [0.2, 0.25) is 0 Å². The number of nitrogens with zero attached hydrogens (tertiary/aromatic N) is 1. The van der Waals surface area contributed by atoms with Crippen LogP contribution in [-0.4, -0.2) is 16.2 Å². The summed E-state index contributed by atoms with van der Waals surface area (Å²) in [7, 11) is 0. The molecule has 3 heteroatoms. The summed E-state index contributed by atoms with van der Waals surface area (Å²) in [5.41, 5.74) is 7.97. The number of rotatable bonds is 3. The first-order valence-corrected chi connectivity index (χ1v) is 7.26. The van der Waals surface area contributed by atoms with E-state index in [4.69, 9.17) is 5.73 Å². The molecule has 0 spiro atoms. The highest BCUT2D eigenvalue weighted by Crippen LogP contribution is 2.42. The lowest BCUT2D eigenvalue weighted by Gasteiger charge is -2.42. The molecule has 1 aromatic rings. The summed E-state index contributed by atoms with van der Waals surface area (Å²) in [5, 5.41) is 10.4. The maximum atomic E-state index is 10.4. The van der Waals surface area contributed by atoms with Gasteiger partial charge in [0.15, 0.2) is 0 Å². The fourth-order valence-corrected chi connectivity index (χ4v) is 3.47. The van der Waals surface area contributed by atoms with Crippen molar-refractivity contribution in [2.45, 2.75) is 52.6 Å². The molecule has 1 aliphatic carbocycles. The molecule has 3 unspecified atom stereocenters. The average Bonchev–Trinajstić information content (AvgIpc) is 2.31. The van der Waals surface area contributed by atoms with E-state index < -0.39 is 0 Å². The Hall–Kier alpha value is -1.09. The van der Waals surface area contributed by atoms with Crippen molar-refractivity contribution in [2.75, 3.05) is 5.73 Å². The molecule has 3 nitrogen and oxygen atoms in total. The molecule has 0 amide bonds. The van der Waals surface area contributed by atoms with E-state index in [1.807, 2.05) is 12.3 Å². The lowest BCUT2D eigenvalue weighted by Crippen LogP contribution is -2.39. The number of anilines is 1. The second kappa shape index (κ2) is 5.49. The second-order valence-electron chi connectivity index (χ2n) is 6.83. The zero-order chi connectivity index (χ0) is 14.0. The molecule has 3 atom stereocenters. The molecule has 0 aromatic carbocycles. The predicted octanol–water partition coefficient (Wildman–Crippen LogP) is 3.03. The van der Waals surface area contributed by atoms with E-state index in [1.54, 1.807) is 6.20 Å². The molecule has 1 aromatic heterocycles. The van der Waals surface area contributed by atoms with Crippen LogP contribution >= 0.6 is 0 Å². The summed E-state index contributed by atoms with van der Waals surface area (Å²) in [6.07, 6.45) is 7.53. The summed E-state index contributed by atoms with van der Waals surface area (Å²) in [6.45, 7) is 6.71. The molecule has 3 N–H and O–H groups in total. The first kappa shape index (κ1) is 14.3. The maximum Gasteiger partial charge on any atom is 0.0576 e. The van der Waals surface area contributed by atoms with E-state index in [0.29, 0.717) is 11.8 Å². The van der Waals surface area contributed by atoms with Gasteiger partial charge in [0.05, 0.1) is 6.10 Å². The molecule has 0 bridgehead atoms. The van der Waals surface area contributed by atoms with E-state index in [9.17, 15) is 5.11 Å². The monoisotopic (exact) mass is 262 g/mol. The first-order valence-electron chi connectivity index (χ1n) is 7.26. The number of hydrogen-bond acceptors (Lipinski definition) is 3. The highest BCUT2D eigenvalue weighted by atomic mass is 16.3. The molecule has 2 rings (SSSR count). The minimum atomic E-state index is -0.184. The van der Waals surface area contributed by atoms with Gasteiger partial charge in [-0.2, -0.15) is 0 Å². The third-order valence-corrected chi connectivity index (χ3v) is 4.67. The zero-order valence-electron chi connectivity index (χ0n) is 12.3. The second-order valence-corrected chi connectivity index (χ2v) is 6.83. The van der Waals surface area contributed by atoms with Crippen LogP contribution in [0.3, 0.4) is 0 Å². The van der Waals surface area contributed by atoms with Crippen LogP contribution in [0.2, 0.25) is 0 Å². The SMILES string of the molecule is CC1CCC(C(C)(C)Cc2cnccc2N)C(O)C1. The molecule has 1 heterocycles. The Balaban J connectivity index is 2.12. The number of aliphatic hydroxyl groups excluding tert-OH is 1. The minimum absolute atomic E-state index is 0.0523. The lowest BCUT2D eigenvalue weighted by atomic mass is 9.65. The fourth-order valence-electron chi connectivity index (χ4n) is 3.47. The summed E-state index contributed by atoms with van der Waals surface area (Å²) in [6, 6.07) is 1.85. The molecule has 106 valence electrons. The molecule has 1 aliphatic rings. The Kier molecular flexibility index (Phi) is 4.14. The molecular formula is C16H26N2O. The summed E-state index contributed by atoms with van der Waals surface area (Å²) in [4.78, 5) is 4.16. The van der Waals surface area contributed by atoms with Crippen molar-refractivity contribution in [1.29, 1.82) is 0 Å². The first-order chi connectivity index (χ1) is 8.90. The van der Waals surface area contributed by atoms with Gasteiger partial charge in [-0.3, -0.25) is 4.98 Å². The third-order valence-electron chi connectivity index (χ3n) is 4.67.